The molecular weight excluding hydrogens is 743 g/mol. The summed E-state index contributed by atoms with van der Waals surface area (Å²) in [6, 6.07) is 72.6. The van der Waals surface area contributed by atoms with Gasteiger partial charge in [0.25, 0.3) is 0 Å². The van der Waals surface area contributed by atoms with Gasteiger partial charge in [0.15, 0.2) is 0 Å². The zero-order chi connectivity index (χ0) is 38.2. The number of rotatable bonds is 6. The summed E-state index contributed by atoms with van der Waals surface area (Å²) in [5.74, 6) is 0. The predicted molar refractivity (Wildman–Crippen MR) is 250 cm³/mol. The van der Waals surface area contributed by atoms with E-state index >= 15 is 0 Å². The molecule has 9 aromatic carbocycles. The van der Waals surface area contributed by atoms with Gasteiger partial charge in [0.2, 0.25) is 0 Å². The molecule has 0 aliphatic heterocycles. The Morgan fingerprint density at radius 2 is 0.966 bits per heavy atom. The molecule has 0 bridgehead atoms. The lowest BCUT2D eigenvalue weighted by Gasteiger charge is -2.28. The van der Waals surface area contributed by atoms with Crippen LogP contribution >= 0.6 is 22.7 Å². The minimum Gasteiger partial charge on any atom is -0.456 e. The van der Waals surface area contributed by atoms with Crippen molar-refractivity contribution in [1.29, 1.82) is 0 Å². The molecule has 12 rings (SSSR count). The Morgan fingerprint density at radius 3 is 1.72 bits per heavy atom. The van der Waals surface area contributed by atoms with Gasteiger partial charge in [-0.3, -0.25) is 0 Å². The van der Waals surface area contributed by atoms with E-state index in [2.05, 4.69) is 205 Å². The van der Waals surface area contributed by atoms with Crippen LogP contribution in [0.3, 0.4) is 0 Å². The van der Waals surface area contributed by atoms with Crippen molar-refractivity contribution in [3.05, 3.63) is 200 Å². The molecule has 272 valence electrons. The summed E-state index contributed by atoms with van der Waals surface area (Å²) >= 11 is 3.73. The predicted octanol–water partition coefficient (Wildman–Crippen LogP) is 16.8. The zero-order valence-corrected chi connectivity index (χ0v) is 32.9. The zero-order valence-electron chi connectivity index (χ0n) is 31.2. The number of benzene rings is 9. The van der Waals surface area contributed by atoms with Crippen molar-refractivity contribution < 1.29 is 4.42 Å². The van der Waals surface area contributed by atoms with Crippen LogP contribution < -0.4 is 4.90 Å². The van der Waals surface area contributed by atoms with Crippen molar-refractivity contribution in [1.82, 2.24) is 0 Å². The van der Waals surface area contributed by atoms with E-state index in [1.807, 2.05) is 22.7 Å². The van der Waals surface area contributed by atoms with Crippen LogP contribution in [0.25, 0.3) is 95.7 Å². The van der Waals surface area contributed by atoms with Crippen LogP contribution in [0.2, 0.25) is 0 Å². The molecule has 0 atom stereocenters. The van der Waals surface area contributed by atoms with Gasteiger partial charge in [0.1, 0.15) is 11.2 Å². The van der Waals surface area contributed by atoms with Crippen molar-refractivity contribution in [3.8, 4) is 33.4 Å². The molecule has 2 nitrogen and oxygen atoms in total. The summed E-state index contributed by atoms with van der Waals surface area (Å²) in [6.07, 6.45) is 0. The van der Waals surface area contributed by atoms with E-state index in [4.69, 9.17) is 4.42 Å². The highest BCUT2D eigenvalue weighted by Gasteiger charge is 2.26. The molecular formula is C54H33NOS2. The van der Waals surface area contributed by atoms with Crippen LogP contribution in [0.15, 0.2) is 205 Å². The Bertz CT molecular complexity index is 3510. The van der Waals surface area contributed by atoms with Gasteiger partial charge in [-0.15, -0.1) is 22.7 Å². The highest BCUT2D eigenvalue weighted by atomic mass is 32.1. The molecule has 0 saturated heterocycles. The maximum atomic E-state index is 6.95. The number of furan rings is 1. The van der Waals surface area contributed by atoms with E-state index in [0.29, 0.717) is 0 Å². The molecule has 0 fully saturated rings. The second-order valence-corrected chi connectivity index (χ2v) is 17.0. The Balaban J connectivity index is 1.21. The summed E-state index contributed by atoms with van der Waals surface area (Å²) in [6.45, 7) is 0. The van der Waals surface area contributed by atoms with Crippen LogP contribution in [0.1, 0.15) is 0 Å². The lowest BCUT2D eigenvalue weighted by molar-refractivity contribution is 0.669. The van der Waals surface area contributed by atoms with Gasteiger partial charge in [0, 0.05) is 51.4 Å². The van der Waals surface area contributed by atoms with Crippen molar-refractivity contribution in [2.75, 3.05) is 4.90 Å². The second kappa shape index (κ2) is 13.3. The fraction of sp³-hybridized carbons (Fsp3) is 0. The van der Waals surface area contributed by atoms with Crippen LogP contribution in [0, 0.1) is 0 Å². The van der Waals surface area contributed by atoms with E-state index in [-0.39, 0.29) is 0 Å². The highest BCUT2D eigenvalue weighted by Crippen LogP contribution is 2.52. The lowest BCUT2D eigenvalue weighted by Crippen LogP contribution is -2.11. The van der Waals surface area contributed by atoms with E-state index < -0.39 is 0 Å². The molecule has 0 aliphatic rings. The first kappa shape index (κ1) is 33.2. The second-order valence-electron chi connectivity index (χ2n) is 14.8. The molecule has 12 aromatic rings. The molecule has 0 amide bonds. The van der Waals surface area contributed by atoms with Gasteiger partial charge in [-0.05, 0) is 94.0 Å². The fourth-order valence-electron chi connectivity index (χ4n) is 8.77. The van der Waals surface area contributed by atoms with Crippen molar-refractivity contribution in [2.24, 2.45) is 0 Å². The van der Waals surface area contributed by atoms with Crippen molar-refractivity contribution in [3.63, 3.8) is 0 Å². The van der Waals surface area contributed by atoms with Crippen LogP contribution in [-0.4, -0.2) is 0 Å². The first-order valence-electron chi connectivity index (χ1n) is 19.6. The Labute approximate surface area is 343 Å². The molecule has 0 unspecified atom stereocenters. The van der Waals surface area contributed by atoms with Gasteiger partial charge in [0.05, 0.1) is 16.8 Å². The van der Waals surface area contributed by atoms with Gasteiger partial charge in [-0.2, -0.15) is 0 Å². The van der Waals surface area contributed by atoms with E-state index in [0.717, 1.165) is 55.7 Å². The Kier molecular flexibility index (Phi) is 7.62. The lowest BCUT2D eigenvalue weighted by atomic mass is 9.97. The van der Waals surface area contributed by atoms with Gasteiger partial charge < -0.3 is 9.32 Å². The number of nitrogens with zero attached hydrogens (tertiary/aromatic N) is 1. The quantitative estimate of drug-likeness (QED) is 0.167. The monoisotopic (exact) mass is 775 g/mol. The maximum Gasteiger partial charge on any atom is 0.138 e. The molecule has 3 heterocycles. The molecule has 3 aromatic heterocycles. The standard InChI is InChI=1S/C54H33NOS2/c1-4-14-34(15-5-1)37-24-26-42-47(31-37)56-48-32-38(35-16-6-2-7-17-35)30-46(52(42)48)55(39-25-29-51-44(33-39)41-20-10-12-22-49(41)57-51)45-28-27-40(36-18-8-3-9-19-36)54-53(45)43-21-11-13-23-50(43)58-54/h1-33H. The Morgan fingerprint density at radius 1 is 0.345 bits per heavy atom. The molecule has 0 saturated carbocycles. The third-order valence-electron chi connectivity index (χ3n) is 11.5. The third kappa shape index (κ3) is 5.30. The Hall–Kier alpha value is -6.98. The summed E-state index contributed by atoms with van der Waals surface area (Å²) in [4.78, 5) is 2.51. The van der Waals surface area contributed by atoms with Gasteiger partial charge in [-0.25, -0.2) is 0 Å². The normalized spacial score (nSPS) is 11.8. The summed E-state index contributed by atoms with van der Waals surface area (Å²) in [7, 11) is 0. The first-order chi connectivity index (χ1) is 28.7. The SMILES string of the molecule is c1ccc(-c2ccc3c(c2)oc2cc(-c4ccccc4)cc(N(c4ccc5sc6ccccc6c5c4)c4ccc(-c5ccccc5)c5sc6ccccc6c45)c23)cc1. The number of hydrogen-bond donors (Lipinski definition) is 0. The fourth-order valence-corrected chi connectivity index (χ4v) is 11.1. The largest absolute Gasteiger partial charge is 0.456 e. The molecule has 0 N–H and O–H groups in total. The number of thiophene rings is 2. The first-order valence-corrected chi connectivity index (χ1v) is 21.2. The number of fused-ring (bicyclic) bond motifs is 9. The molecule has 0 spiro atoms. The molecule has 0 radical (unpaired) electrons. The van der Waals surface area contributed by atoms with E-state index in [1.54, 1.807) is 0 Å². The summed E-state index contributed by atoms with van der Waals surface area (Å²) < 4.78 is 12.1. The molecule has 58 heavy (non-hydrogen) atoms. The average molecular weight is 776 g/mol. The number of hydrogen-bond acceptors (Lipinski definition) is 4. The van der Waals surface area contributed by atoms with Crippen LogP contribution in [0.4, 0.5) is 17.1 Å². The number of anilines is 3. The smallest absolute Gasteiger partial charge is 0.138 e. The van der Waals surface area contributed by atoms with Crippen LogP contribution in [-0.2, 0) is 0 Å². The average Bonchev–Trinajstić information content (AvgIpc) is 3.99. The van der Waals surface area contributed by atoms with Crippen molar-refractivity contribution >= 4 is 102 Å². The summed E-state index contributed by atoms with van der Waals surface area (Å²) in [5, 5.41) is 7.21. The van der Waals surface area contributed by atoms with E-state index in [1.165, 1.54) is 57.0 Å². The van der Waals surface area contributed by atoms with Gasteiger partial charge >= 0.3 is 0 Å². The van der Waals surface area contributed by atoms with Gasteiger partial charge in [-0.1, -0.05) is 140 Å². The topological polar surface area (TPSA) is 16.4 Å². The summed E-state index contributed by atoms with van der Waals surface area (Å²) in [5.41, 5.74) is 12.0. The minimum absolute atomic E-state index is 0.857. The van der Waals surface area contributed by atoms with Crippen molar-refractivity contribution in [2.45, 2.75) is 0 Å². The molecule has 4 heteroatoms. The third-order valence-corrected chi connectivity index (χ3v) is 13.8. The maximum absolute atomic E-state index is 6.95. The highest BCUT2D eigenvalue weighted by molar-refractivity contribution is 7.26. The molecule has 0 aliphatic carbocycles. The van der Waals surface area contributed by atoms with Crippen LogP contribution in [0.5, 0.6) is 0 Å². The minimum atomic E-state index is 0.857. The van der Waals surface area contributed by atoms with E-state index in [9.17, 15) is 0 Å².